The van der Waals surface area contributed by atoms with E-state index in [-0.39, 0.29) is 5.56 Å². The standard InChI is InChI=1S/C14H16ClN3O/c1-3-16-13-8-7-11(15)12(17-13)9-18-10(2)5-4-6-14(18)19/h4-8H,3,9H2,1-2H3,(H,16,17). The molecular weight excluding hydrogens is 262 g/mol. The average molecular weight is 278 g/mol. The Balaban J connectivity index is 2.37. The lowest BCUT2D eigenvalue weighted by Gasteiger charge is -2.11. The Morgan fingerprint density at radius 2 is 2.11 bits per heavy atom. The maximum absolute atomic E-state index is 11.8. The number of nitrogens with zero attached hydrogens (tertiary/aromatic N) is 2. The van der Waals surface area contributed by atoms with Gasteiger partial charge in [-0.3, -0.25) is 4.79 Å². The van der Waals surface area contributed by atoms with Gasteiger partial charge in [-0.25, -0.2) is 4.98 Å². The summed E-state index contributed by atoms with van der Waals surface area (Å²) in [6, 6.07) is 8.80. The second-order valence-corrected chi connectivity index (χ2v) is 4.65. The molecule has 19 heavy (non-hydrogen) atoms. The van der Waals surface area contributed by atoms with Crippen LogP contribution in [0.2, 0.25) is 5.02 Å². The summed E-state index contributed by atoms with van der Waals surface area (Å²) in [5.74, 6) is 0.767. The van der Waals surface area contributed by atoms with Crippen LogP contribution in [-0.4, -0.2) is 16.1 Å². The van der Waals surface area contributed by atoms with Gasteiger partial charge in [-0.1, -0.05) is 17.7 Å². The highest BCUT2D eigenvalue weighted by molar-refractivity contribution is 6.31. The molecule has 0 spiro atoms. The third kappa shape index (κ3) is 3.15. The molecule has 4 nitrogen and oxygen atoms in total. The van der Waals surface area contributed by atoms with Crippen molar-refractivity contribution in [3.63, 3.8) is 0 Å². The van der Waals surface area contributed by atoms with Crippen LogP contribution in [-0.2, 0) is 6.54 Å². The van der Waals surface area contributed by atoms with Crippen molar-refractivity contribution in [3.05, 3.63) is 57.1 Å². The molecule has 2 aromatic heterocycles. The van der Waals surface area contributed by atoms with Crippen molar-refractivity contribution in [2.45, 2.75) is 20.4 Å². The van der Waals surface area contributed by atoms with Crippen molar-refractivity contribution < 1.29 is 0 Å². The van der Waals surface area contributed by atoms with Crippen LogP contribution in [0.15, 0.2) is 35.1 Å². The highest BCUT2D eigenvalue weighted by Crippen LogP contribution is 2.17. The van der Waals surface area contributed by atoms with Crippen LogP contribution >= 0.6 is 11.6 Å². The molecule has 0 aliphatic carbocycles. The lowest BCUT2D eigenvalue weighted by molar-refractivity contribution is 0.713. The number of aromatic nitrogens is 2. The van der Waals surface area contributed by atoms with Crippen molar-refractivity contribution in [1.29, 1.82) is 0 Å². The molecule has 0 atom stereocenters. The largest absolute Gasteiger partial charge is 0.370 e. The van der Waals surface area contributed by atoms with Crippen molar-refractivity contribution in [2.24, 2.45) is 0 Å². The molecule has 0 saturated heterocycles. The molecule has 5 heteroatoms. The lowest BCUT2D eigenvalue weighted by Crippen LogP contribution is -2.22. The zero-order valence-electron chi connectivity index (χ0n) is 11.0. The summed E-state index contributed by atoms with van der Waals surface area (Å²) in [6.45, 7) is 5.06. The van der Waals surface area contributed by atoms with Gasteiger partial charge in [0.15, 0.2) is 0 Å². The zero-order valence-corrected chi connectivity index (χ0v) is 11.7. The van der Waals surface area contributed by atoms with Gasteiger partial charge in [0.05, 0.1) is 17.3 Å². The SMILES string of the molecule is CCNc1ccc(Cl)c(Cn2c(C)cccc2=O)n1. The Bertz CT molecular complexity index is 637. The predicted molar refractivity (Wildman–Crippen MR) is 78.0 cm³/mol. The maximum atomic E-state index is 11.8. The normalized spacial score (nSPS) is 10.5. The van der Waals surface area contributed by atoms with E-state index in [1.165, 1.54) is 6.07 Å². The first kappa shape index (κ1) is 13.6. The molecule has 2 heterocycles. The number of rotatable bonds is 4. The van der Waals surface area contributed by atoms with E-state index in [0.717, 1.165) is 18.1 Å². The number of pyridine rings is 2. The molecule has 0 aliphatic heterocycles. The Hall–Kier alpha value is -1.81. The van der Waals surface area contributed by atoms with Gasteiger partial charge in [0.1, 0.15) is 5.82 Å². The smallest absolute Gasteiger partial charge is 0.251 e. The molecule has 2 aromatic rings. The van der Waals surface area contributed by atoms with Crippen LogP contribution in [0.3, 0.4) is 0 Å². The first-order chi connectivity index (χ1) is 9.11. The van der Waals surface area contributed by atoms with Gasteiger partial charge >= 0.3 is 0 Å². The van der Waals surface area contributed by atoms with E-state index < -0.39 is 0 Å². The number of halogens is 1. The molecule has 0 saturated carbocycles. The number of hydrogen-bond acceptors (Lipinski definition) is 3. The monoisotopic (exact) mass is 277 g/mol. The van der Waals surface area contributed by atoms with E-state index in [2.05, 4.69) is 10.3 Å². The second kappa shape index (κ2) is 5.89. The van der Waals surface area contributed by atoms with Gasteiger partial charge in [-0.05, 0) is 32.0 Å². The first-order valence-electron chi connectivity index (χ1n) is 6.17. The third-order valence-electron chi connectivity index (χ3n) is 2.85. The van der Waals surface area contributed by atoms with E-state index in [9.17, 15) is 4.79 Å². The predicted octanol–water partition coefficient (Wildman–Crippen LogP) is 2.69. The highest BCUT2D eigenvalue weighted by Gasteiger charge is 2.07. The highest BCUT2D eigenvalue weighted by atomic mass is 35.5. The Kier molecular flexibility index (Phi) is 4.22. The minimum absolute atomic E-state index is 0.0493. The second-order valence-electron chi connectivity index (χ2n) is 4.25. The number of anilines is 1. The van der Waals surface area contributed by atoms with Crippen molar-refractivity contribution in [1.82, 2.24) is 9.55 Å². The summed E-state index contributed by atoms with van der Waals surface area (Å²) in [7, 11) is 0. The van der Waals surface area contributed by atoms with Crippen LogP contribution in [0.5, 0.6) is 0 Å². The molecule has 0 aliphatic rings. The summed E-state index contributed by atoms with van der Waals surface area (Å²) < 4.78 is 1.66. The topological polar surface area (TPSA) is 46.9 Å². The van der Waals surface area contributed by atoms with Crippen molar-refractivity contribution >= 4 is 17.4 Å². The quantitative estimate of drug-likeness (QED) is 0.935. The Labute approximate surface area is 117 Å². The Morgan fingerprint density at radius 1 is 1.32 bits per heavy atom. The van der Waals surface area contributed by atoms with E-state index in [4.69, 9.17) is 11.6 Å². The summed E-state index contributed by atoms with van der Waals surface area (Å²) in [5, 5.41) is 3.70. The van der Waals surface area contributed by atoms with Crippen LogP contribution < -0.4 is 10.9 Å². The minimum atomic E-state index is -0.0493. The fourth-order valence-electron chi connectivity index (χ4n) is 1.85. The summed E-state index contributed by atoms with van der Waals surface area (Å²) in [6.07, 6.45) is 0. The number of nitrogens with one attached hydrogen (secondary N) is 1. The van der Waals surface area contributed by atoms with Gasteiger partial charge in [0, 0.05) is 18.3 Å². The van der Waals surface area contributed by atoms with Gasteiger partial charge in [0.2, 0.25) is 0 Å². The van der Waals surface area contributed by atoms with E-state index in [1.807, 2.05) is 26.0 Å². The lowest BCUT2D eigenvalue weighted by atomic mass is 10.3. The molecule has 1 N–H and O–H groups in total. The number of aryl methyl sites for hydroxylation is 1. The minimum Gasteiger partial charge on any atom is -0.370 e. The summed E-state index contributed by atoms with van der Waals surface area (Å²) >= 11 is 6.15. The summed E-state index contributed by atoms with van der Waals surface area (Å²) in [4.78, 5) is 16.3. The van der Waals surface area contributed by atoms with Crippen LogP contribution in [0.1, 0.15) is 18.3 Å². The van der Waals surface area contributed by atoms with E-state index in [0.29, 0.717) is 17.3 Å². The molecular formula is C14H16ClN3O. The van der Waals surface area contributed by atoms with Gasteiger partial charge in [-0.2, -0.15) is 0 Å². The maximum Gasteiger partial charge on any atom is 0.251 e. The van der Waals surface area contributed by atoms with Gasteiger partial charge in [0.25, 0.3) is 5.56 Å². The van der Waals surface area contributed by atoms with Crippen molar-refractivity contribution in [2.75, 3.05) is 11.9 Å². The van der Waals surface area contributed by atoms with Gasteiger partial charge < -0.3 is 9.88 Å². The fourth-order valence-corrected chi connectivity index (χ4v) is 2.02. The van der Waals surface area contributed by atoms with Gasteiger partial charge in [-0.15, -0.1) is 0 Å². The average Bonchev–Trinajstić information content (AvgIpc) is 2.38. The molecule has 0 amide bonds. The first-order valence-corrected chi connectivity index (χ1v) is 6.55. The van der Waals surface area contributed by atoms with Crippen LogP contribution in [0.25, 0.3) is 0 Å². The molecule has 0 radical (unpaired) electrons. The molecule has 0 fully saturated rings. The molecule has 0 unspecified atom stereocenters. The molecule has 100 valence electrons. The van der Waals surface area contributed by atoms with E-state index in [1.54, 1.807) is 16.7 Å². The number of hydrogen-bond donors (Lipinski definition) is 1. The molecule has 2 rings (SSSR count). The van der Waals surface area contributed by atoms with Crippen LogP contribution in [0, 0.1) is 6.92 Å². The molecule has 0 bridgehead atoms. The van der Waals surface area contributed by atoms with Crippen LogP contribution in [0.4, 0.5) is 5.82 Å². The zero-order chi connectivity index (χ0) is 13.8. The van der Waals surface area contributed by atoms with Crippen molar-refractivity contribution in [3.8, 4) is 0 Å². The fraction of sp³-hybridized carbons (Fsp3) is 0.286. The molecule has 0 aromatic carbocycles. The Morgan fingerprint density at radius 3 is 2.79 bits per heavy atom. The van der Waals surface area contributed by atoms with E-state index >= 15 is 0 Å². The third-order valence-corrected chi connectivity index (χ3v) is 3.20. The summed E-state index contributed by atoms with van der Waals surface area (Å²) in [5.41, 5.74) is 1.53.